The smallest absolute Gasteiger partial charge is 0.233 e. The summed E-state index contributed by atoms with van der Waals surface area (Å²) >= 11 is 0. The first kappa shape index (κ1) is 15.8. The van der Waals surface area contributed by atoms with Gasteiger partial charge in [0.25, 0.3) is 0 Å². The highest BCUT2D eigenvalue weighted by Crippen LogP contribution is 2.13. The topological polar surface area (TPSA) is 82.2 Å². The average Bonchev–Trinajstić information content (AvgIpc) is 2.44. The SMILES string of the molecule is CCCC(C(=O)N1CCN(CCC)CC1)C(N)=NO. The third-order valence-corrected chi connectivity index (χ3v) is 3.57. The molecule has 110 valence electrons. The molecule has 1 atom stereocenters. The standard InChI is InChI=1S/C13H26N4O2/c1-3-5-11(12(14)15-19)13(18)17-9-7-16(6-4-2)8-10-17/h11,19H,3-10H2,1-2H3,(H2,14,15). The second-order valence-electron chi connectivity index (χ2n) is 5.03. The molecule has 1 unspecified atom stereocenters. The normalized spacial score (nSPS) is 19.5. The molecular weight excluding hydrogens is 244 g/mol. The lowest BCUT2D eigenvalue weighted by Gasteiger charge is -2.36. The average molecular weight is 270 g/mol. The van der Waals surface area contributed by atoms with E-state index in [2.05, 4.69) is 17.0 Å². The Morgan fingerprint density at radius 3 is 2.37 bits per heavy atom. The maximum absolute atomic E-state index is 12.4. The van der Waals surface area contributed by atoms with Gasteiger partial charge in [-0.25, -0.2) is 0 Å². The van der Waals surface area contributed by atoms with Crippen molar-refractivity contribution in [3.05, 3.63) is 0 Å². The Hall–Kier alpha value is -1.30. The number of piperazine rings is 1. The first-order valence-electron chi connectivity index (χ1n) is 7.12. The molecule has 0 aromatic rings. The fourth-order valence-electron chi connectivity index (χ4n) is 2.48. The molecule has 0 aromatic heterocycles. The maximum Gasteiger partial charge on any atom is 0.233 e. The number of amidine groups is 1. The van der Waals surface area contributed by atoms with Crippen LogP contribution in [0.25, 0.3) is 0 Å². The molecule has 0 aliphatic carbocycles. The largest absolute Gasteiger partial charge is 0.409 e. The molecule has 0 saturated carbocycles. The molecular formula is C13H26N4O2. The van der Waals surface area contributed by atoms with Crippen LogP contribution in [0, 0.1) is 5.92 Å². The van der Waals surface area contributed by atoms with Crippen molar-refractivity contribution >= 4 is 11.7 Å². The van der Waals surface area contributed by atoms with E-state index in [9.17, 15) is 4.79 Å². The van der Waals surface area contributed by atoms with Gasteiger partial charge in [-0.05, 0) is 19.4 Å². The molecule has 1 aliphatic heterocycles. The second-order valence-corrected chi connectivity index (χ2v) is 5.03. The second kappa shape index (κ2) is 7.99. The van der Waals surface area contributed by atoms with Crippen molar-refractivity contribution in [2.75, 3.05) is 32.7 Å². The predicted octanol–water partition coefficient (Wildman–Crippen LogP) is 0.703. The van der Waals surface area contributed by atoms with E-state index in [1.54, 1.807) is 0 Å². The third kappa shape index (κ3) is 4.38. The molecule has 0 spiro atoms. The van der Waals surface area contributed by atoms with Crippen LogP contribution < -0.4 is 5.73 Å². The van der Waals surface area contributed by atoms with Gasteiger partial charge in [-0.15, -0.1) is 0 Å². The Bertz CT molecular complexity index is 312. The van der Waals surface area contributed by atoms with Crippen molar-refractivity contribution in [1.29, 1.82) is 0 Å². The van der Waals surface area contributed by atoms with E-state index in [0.29, 0.717) is 6.42 Å². The van der Waals surface area contributed by atoms with Gasteiger partial charge in [0, 0.05) is 26.2 Å². The lowest BCUT2D eigenvalue weighted by molar-refractivity contribution is -0.135. The molecule has 0 bridgehead atoms. The Labute approximate surface area is 115 Å². The summed E-state index contributed by atoms with van der Waals surface area (Å²) < 4.78 is 0. The lowest BCUT2D eigenvalue weighted by atomic mass is 10.0. The molecule has 0 radical (unpaired) electrons. The van der Waals surface area contributed by atoms with E-state index in [1.807, 2.05) is 11.8 Å². The van der Waals surface area contributed by atoms with E-state index < -0.39 is 5.92 Å². The van der Waals surface area contributed by atoms with Gasteiger partial charge in [-0.2, -0.15) is 0 Å². The molecule has 6 nitrogen and oxygen atoms in total. The van der Waals surface area contributed by atoms with Gasteiger partial charge >= 0.3 is 0 Å². The fourth-order valence-corrected chi connectivity index (χ4v) is 2.48. The summed E-state index contributed by atoms with van der Waals surface area (Å²) in [6.45, 7) is 8.52. The van der Waals surface area contributed by atoms with Crippen molar-refractivity contribution < 1.29 is 10.0 Å². The van der Waals surface area contributed by atoms with E-state index in [1.165, 1.54) is 0 Å². The van der Waals surface area contributed by atoms with Crippen LogP contribution in [-0.4, -0.2) is 59.5 Å². The van der Waals surface area contributed by atoms with Gasteiger partial charge in [-0.3, -0.25) is 9.69 Å². The number of carbonyl (C=O) groups is 1. The van der Waals surface area contributed by atoms with E-state index in [-0.39, 0.29) is 11.7 Å². The monoisotopic (exact) mass is 270 g/mol. The lowest BCUT2D eigenvalue weighted by Crippen LogP contribution is -2.52. The van der Waals surface area contributed by atoms with Crippen LogP contribution in [0.1, 0.15) is 33.1 Å². The van der Waals surface area contributed by atoms with Crippen LogP contribution in [0.2, 0.25) is 0 Å². The van der Waals surface area contributed by atoms with E-state index in [4.69, 9.17) is 10.9 Å². The number of carbonyl (C=O) groups excluding carboxylic acids is 1. The van der Waals surface area contributed by atoms with Crippen LogP contribution in [0.4, 0.5) is 0 Å². The zero-order valence-corrected chi connectivity index (χ0v) is 12.0. The van der Waals surface area contributed by atoms with Crippen molar-refractivity contribution in [3.8, 4) is 0 Å². The van der Waals surface area contributed by atoms with Crippen LogP contribution in [0.5, 0.6) is 0 Å². The van der Waals surface area contributed by atoms with Crippen LogP contribution >= 0.6 is 0 Å². The van der Waals surface area contributed by atoms with Crippen molar-refractivity contribution in [2.24, 2.45) is 16.8 Å². The quantitative estimate of drug-likeness (QED) is 0.322. The summed E-state index contributed by atoms with van der Waals surface area (Å²) in [6, 6.07) is 0. The van der Waals surface area contributed by atoms with Crippen molar-refractivity contribution in [2.45, 2.75) is 33.1 Å². The van der Waals surface area contributed by atoms with Gasteiger partial charge in [0.2, 0.25) is 5.91 Å². The minimum absolute atomic E-state index is 0.00621. The van der Waals surface area contributed by atoms with Gasteiger partial charge in [-0.1, -0.05) is 25.4 Å². The van der Waals surface area contributed by atoms with Crippen molar-refractivity contribution in [3.63, 3.8) is 0 Å². The zero-order chi connectivity index (χ0) is 14.3. The Balaban J connectivity index is 2.57. The number of amides is 1. The van der Waals surface area contributed by atoms with Gasteiger partial charge in [0.05, 0.1) is 5.92 Å². The molecule has 1 amide bonds. The molecule has 0 aromatic carbocycles. The number of hydrogen-bond acceptors (Lipinski definition) is 4. The summed E-state index contributed by atoms with van der Waals surface area (Å²) in [7, 11) is 0. The Morgan fingerprint density at radius 1 is 1.26 bits per heavy atom. The Morgan fingerprint density at radius 2 is 1.89 bits per heavy atom. The summed E-state index contributed by atoms with van der Waals surface area (Å²) in [4.78, 5) is 16.6. The van der Waals surface area contributed by atoms with Gasteiger partial charge < -0.3 is 15.8 Å². The third-order valence-electron chi connectivity index (χ3n) is 3.57. The number of hydrogen-bond donors (Lipinski definition) is 2. The van der Waals surface area contributed by atoms with Gasteiger partial charge in [0.15, 0.2) is 5.84 Å². The molecule has 3 N–H and O–H groups in total. The van der Waals surface area contributed by atoms with E-state index in [0.717, 1.165) is 45.6 Å². The number of rotatable bonds is 6. The molecule has 1 fully saturated rings. The fraction of sp³-hybridized carbons (Fsp3) is 0.846. The first-order valence-corrected chi connectivity index (χ1v) is 7.12. The Kier molecular flexibility index (Phi) is 6.62. The molecule has 19 heavy (non-hydrogen) atoms. The number of oxime groups is 1. The predicted molar refractivity (Wildman–Crippen MR) is 75.1 cm³/mol. The van der Waals surface area contributed by atoms with Gasteiger partial charge in [0.1, 0.15) is 0 Å². The zero-order valence-electron chi connectivity index (χ0n) is 12.0. The molecule has 1 aliphatic rings. The van der Waals surface area contributed by atoms with E-state index >= 15 is 0 Å². The van der Waals surface area contributed by atoms with Crippen LogP contribution in [0.3, 0.4) is 0 Å². The summed E-state index contributed by atoms with van der Waals surface area (Å²) in [5.41, 5.74) is 5.63. The van der Waals surface area contributed by atoms with Crippen LogP contribution in [-0.2, 0) is 4.79 Å². The summed E-state index contributed by atoms with van der Waals surface area (Å²) in [6.07, 6.45) is 2.60. The number of nitrogens with zero attached hydrogens (tertiary/aromatic N) is 3. The molecule has 1 rings (SSSR count). The molecule has 1 heterocycles. The highest BCUT2D eigenvalue weighted by Gasteiger charge is 2.29. The first-order chi connectivity index (χ1) is 9.13. The highest BCUT2D eigenvalue weighted by molar-refractivity contribution is 6.02. The van der Waals surface area contributed by atoms with Crippen molar-refractivity contribution in [1.82, 2.24) is 9.80 Å². The summed E-state index contributed by atoms with van der Waals surface area (Å²) in [5.74, 6) is -0.455. The molecule has 6 heteroatoms. The summed E-state index contributed by atoms with van der Waals surface area (Å²) in [5, 5.41) is 11.8. The molecule has 1 saturated heterocycles. The minimum Gasteiger partial charge on any atom is -0.409 e. The number of nitrogens with two attached hydrogens (primary N) is 1. The highest BCUT2D eigenvalue weighted by atomic mass is 16.4. The maximum atomic E-state index is 12.4. The minimum atomic E-state index is -0.479. The van der Waals surface area contributed by atoms with Crippen LogP contribution in [0.15, 0.2) is 5.16 Å².